The van der Waals surface area contributed by atoms with Crippen LogP contribution in [0, 0.1) is 11.8 Å². The van der Waals surface area contributed by atoms with E-state index in [9.17, 15) is 9.59 Å². The van der Waals surface area contributed by atoms with Gasteiger partial charge in [-0.15, -0.1) is 0 Å². The number of rotatable bonds is 5. The molecule has 0 aliphatic heterocycles. The fraction of sp³-hybridized carbons (Fsp3) is 0.875. The summed E-state index contributed by atoms with van der Waals surface area (Å²) in [5.74, 6) is 0.495. The largest absolute Gasteiger partial charge is 0.356 e. The number of unbranched alkanes of at least 4 members (excludes halogenated alkanes) is 1. The van der Waals surface area contributed by atoms with E-state index in [-0.39, 0.29) is 29.2 Å². The fourth-order valence-electron chi connectivity index (χ4n) is 2.62. The molecular formula is C16H30N2O2. The summed E-state index contributed by atoms with van der Waals surface area (Å²) in [6, 6.07) is 0. The number of hydrogen-bond donors (Lipinski definition) is 2. The standard InChI is InChI=1S/C16H30N2O2/c1-5-6-11-17-14(19)12-7-9-13(10-8-12)15(20)18-16(2,3)4/h12-13H,5-11H2,1-4H3,(H,17,19)(H,18,20). The maximum atomic E-state index is 12.1. The summed E-state index contributed by atoms with van der Waals surface area (Å²) >= 11 is 0. The van der Waals surface area contributed by atoms with Crippen LogP contribution < -0.4 is 10.6 Å². The van der Waals surface area contributed by atoms with Crippen LogP contribution in [0.15, 0.2) is 0 Å². The molecule has 116 valence electrons. The highest BCUT2D eigenvalue weighted by molar-refractivity contribution is 5.81. The molecule has 4 nitrogen and oxygen atoms in total. The zero-order valence-corrected chi connectivity index (χ0v) is 13.4. The van der Waals surface area contributed by atoms with E-state index in [1.165, 1.54) is 0 Å². The Morgan fingerprint density at radius 3 is 1.95 bits per heavy atom. The van der Waals surface area contributed by atoms with Crippen LogP contribution in [0.25, 0.3) is 0 Å². The van der Waals surface area contributed by atoms with Gasteiger partial charge in [-0.05, 0) is 52.9 Å². The molecule has 0 aromatic heterocycles. The SMILES string of the molecule is CCCCNC(=O)C1CCC(C(=O)NC(C)(C)C)CC1. The lowest BCUT2D eigenvalue weighted by Crippen LogP contribution is -2.45. The monoisotopic (exact) mass is 282 g/mol. The molecule has 1 aliphatic rings. The van der Waals surface area contributed by atoms with Gasteiger partial charge in [-0.25, -0.2) is 0 Å². The molecule has 1 fully saturated rings. The van der Waals surface area contributed by atoms with Gasteiger partial charge in [0.05, 0.1) is 0 Å². The van der Waals surface area contributed by atoms with Crippen LogP contribution in [-0.4, -0.2) is 23.9 Å². The number of carbonyl (C=O) groups is 2. The summed E-state index contributed by atoms with van der Waals surface area (Å²) in [6.45, 7) is 8.89. The molecule has 2 amide bonds. The van der Waals surface area contributed by atoms with Crippen LogP contribution in [0.4, 0.5) is 0 Å². The Balaban J connectivity index is 2.32. The van der Waals surface area contributed by atoms with Gasteiger partial charge in [-0.3, -0.25) is 9.59 Å². The first kappa shape index (κ1) is 17.0. The summed E-state index contributed by atoms with van der Waals surface area (Å²) < 4.78 is 0. The summed E-state index contributed by atoms with van der Waals surface area (Å²) in [6.07, 6.45) is 5.46. The zero-order valence-electron chi connectivity index (χ0n) is 13.4. The number of nitrogens with one attached hydrogen (secondary N) is 2. The predicted octanol–water partition coefficient (Wildman–Crippen LogP) is 2.62. The third-order valence-electron chi connectivity index (χ3n) is 3.80. The Hall–Kier alpha value is -1.06. The smallest absolute Gasteiger partial charge is 0.223 e. The van der Waals surface area contributed by atoms with Crippen molar-refractivity contribution in [3.05, 3.63) is 0 Å². The van der Waals surface area contributed by atoms with E-state index in [1.54, 1.807) is 0 Å². The fourth-order valence-corrected chi connectivity index (χ4v) is 2.62. The minimum Gasteiger partial charge on any atom is -0.356 e. The second-order valence-electron chi connectivity index (χ2n) is 6.93. The lowest BCUT2D eigenvalue weighted by Gasteiger charge is -2.30. The lowest BCUT2D eigenvalue weighted by molar-refractivity contribution is -0.131. The van der Waals surface area contributed by atoms with Gasteiger partial charge in [-0.1, -0.05) is 13.3 Å². The molecule has 0 spiro atoms. The minimum absolute atomic E-state index is 0.0777. The van der Waals surface area contributed by atoms with Crippen LogP contribution in [-0.2, 0) is 9.59 Å². The van der Waals surface area contributed by atoms with Gasteiger partial charge >= 0.3 is 0 Å². The van der Waals surface area contributed by atoms with Crippen LogP contribution in [0.2, 0.25) is 0 Å². The van der Waals surface area contributed by atoms with Crippen molar-refractivity contribution < 1.29 is 9.59 Å². The Morgan fingerprint density at radius 2 is 1.50 bits per heavy atom. The van der Waals surface area contributed by atoms with Crippen LogP contribution in [0.1, 0.15) is 66.2 Å². The molecule has 0 bridgehead atoms. The van der Waals surface area contributed by atoms with Crippen molar-refractivity contribution in [3.63, 3.8) is 0 Å². The molecule has 0 aromatic carbocycles. The van der Waals surface area contributed by atoms with E-state index in [0.717, 1.165) is 45.1 Å². The Morgan fingerprint density at radius 1 is 1.00 bits per heavy atom. The normalized spacial score (nSPS) is 23.2. The van der Waals surface area contributed by atoms with Crippen LogP contribution in [0.5, 0.6) is 0 Å². The summed E-state index contributed by atoms with van der Waals surface area (Å²) in [5.41, 5.74) is -0.175. The second-order valence-corrected chi connectivity index (χ2v) is 6.93. The van der Waals surface area contributed by atoms with E-state index in [2.05, 4.69) is 17.6 Å². The van der Waals surface area contributed by atoms with Crippen molar-refractivity contribution in [2.75, 3.05) is 6.54 Å². The number of hydrogen-bond acceptors (Lipinski definition) is 2. The maximum absolute atomic E-state index is 12.1. The predicted molar refractivity (Wildman–Crippen MR) is 81.3 cm³/mol. The molecule has 1 aliphatic carbocycles. The molecule has 1 rings (SSSR count). The lowest BCUT2D eigenvalue weighted by atomic mass is 9.81. The van der Waals surface area contributed by atoms with Crippen molar-refractivity contribution in [3.8, 4) is 0 Å². The molecular weight excluding hydrogens is 252 g/mol. The van der Waals surface area contributed by atoms with Gasteiger partial charge in [0.25, 0.3) is 0 Å². The molecule has 0 heterocycles. The Labute approximate surface area is 123 Å². The first-order valence-electron chi connectivity index (χ1n) is 7.93. The van der Waals surface area contributed by atoms with Crippen molar-refractivity contribution in [2.45, 2.75) is 71.8 Å². The van der Waals surface area contributed by atoms with Crippen molar-refractivity contribution in [1.82, 2.24) is 10.6 Å². The third kappa shape index (κ3) is 5.93. The quantitative estimate of drug-likeness (QED) is 0.762. The molecule has 4 heteroatoms. The molecule has 2 N–H and O–H groups in total. The molecule has 0 atom stereocenters. The molecule has 0 radical (unpaired) electrons. The molecule has 0 saturated heterocycles. The van der Waals surface area contributed by atoms with Crippen molar-refractivity contribution >= 4 is 11.8 Å². The summed E-state index contributed by atoms with van der Waals surface area (Å²) in [4.78, 5) is 24.1. The topological polar surface area (TPSA) is 58.2 Å². The number of carbonyl (C=O) groups excluding carboxylic acids is 2. The van der Waals surface area contributed by atoms with E-state index >= 15 is 0 Å². The third-order valence-corrected chi connectivity index (χ3v) is 3.80. The highest BCUT2D eigenvalue weighted by atomic mass is 16.2. The van der Waals surface area contributed by atoms with Gasteiger partial charge in [-0.2, -0.15) is 0 Å². The molecule has 0 unspecified atom stereocenters. The first-order chi connectivity index (χ1) is 9.33. The maximum Gasteiger partial charge on any atom is 0.223 e. The van der Waals surface area contributed by atoms with Gasteiger partial charge < -0.3 is 10.6 Å². The Kier molecular flexibility index (Phi) is 6.50. The first-order valence-corrected chi connectivity index (χ1v) is 7.93. The van der Waals surface area contributed by atoms with Gasteiger partial charge in [0.2, 0.25) is 11.8 Å². The highest BCUT2D eigenvalue weighted by Crippen LogP contribution is 2.29. The molecule has 0 aromatic rings. The zero-order chi connectivity index (χ0) is 15.2. The van der Waals surface area contributed by atoms with E-state index in [1.807, 2.05) is 20.8 Å². The molecule has 1 saturated carbocycles. The van der Waals surface area contributed by atoms with Gasteiger partial charge in [0, 0.05) is 23.9 Å². The summed E-state index contributed by atoms with van der Waals surface area (Å²) in [7, 11) is 0. The van der Waals surface area contributed by atoms with Crippen molar-refractivity contribution in [2.24, 2.45) is 11.8 Å². The number of amides is 2. The average molecular weight is 282 g/mol. The minimum atomic E-state index is -0.175. The van der Waals surface area contributed by atoms with E-state index in [0.29, 0.717) is 0 Å². The van der Waals surface area contributed by atoms with Crippen LogP contribution >= 0.6 is 0 Å². The van der Waals surface area contributed by atoms with Crippen LogP contribution in [0.3, 0.4) is 0 Å². The van der Waals surface area contributed by atoms with Gasteiger partial charge in [0.15, 0.2) is 0 Å². The van der Waals surface area contributed by atoms with Gasteiger partial charge in [0.1, 0.15) is 0 Å². The van der Waals surface area contributed by atoms with Crippen molar-refractivity contribution in [1.29, 1.82) is 0 Å². The van der Waals surface area contributed by atoms with E-state index in [4.69, 9.17) is 0 Å². The highest BCUT2D eigenvalue weighted by Gasteiger charge is 2.30. The second kappa shape index (κ2) is 7.65. The average Bonchev–Trinajstić information content (AvgIpc) is 2.37. The molecule has 20 heavy (non-hydrogen) atoms. The summed E-state index contributed by atoms with van der Waals surface area (Å²) in [5, 5.41) is 6.03. The van der Waals surface area contributed by atoms with E-state index < -0.39 is 0 Å². The Bertz CT molecular complexity index is 326.